The molecule has 0 aliphatic carbocycles. The molecule has 4 rings (SSSR count). The SMILES string of the molecule is O=C(Cn1c(-c2cccc(Cl)c2Cl)nc2ccccc21)Nc1nccs1. The van der Waals surface area contributed by atoms with Crippen LogP contribution in [-0.2, 0) is 11.3 Å². The van der Waals surface area contributed by atoms with E-state index in [-0.39, 0.29) is 12.5 Å². The molecule has 5 nitrogen and oxygen atoms in total. The van der Waals surface area contributed by atoms with Gasteiger partial charge in [-0.15, -0.1) is 11.3 Å². The number of amides is 1. The van der Waals surface area contributed by atoms with Crippen LogP contribution in [0.4, 0.5) is 5.13 Å². The number of rotatable bonds is 4. The Bertz CT molecular complexity index is 1090. The van der Waals surface area contributed by atoms with Crippen LogP contribution in [0.25, 0.3) is 22.4 Å². The molecule has 8 heteroatoms. The molecule has 2 heterocycles. The first-order valence-corrected chi connectivity index (χ1v) is 9.36. The summed E-state index contributed by atoms with van der Waals surface area (Å²) in [5, 5.41) is 6.00. The van der Waals surface area contributed by atoms with Crippen molar-refractivity contribution >= 4 is 56.6 Å². The minimum absolute atomic E-state index is 0.0816. The highest BCUT2D eigenvalue weighted by Gasteiger charge is 2.18. The maximum absolute atomic E-state index is 12.5. The summed E-state index contributed by atoms with van der Waals surface area (Å²) in [4.78, 5) is 21.2. The Morgan fingerprint density at radius 1 is 1.15 bits per heavy atom. The van der Waals surface area contributed by atoms with E-state index in [1.54, 1.807) is 17.6 Å². The summed E-state index contributed by atoms with van der Waals surface area (Å²) in [6.45, 7) is 0.0816. The predicted octanol–water partition coefficient (Wildman–Crippen LogP) is 5.11. The van der Waals surface area contributed by atoms with Crippen LogP contribution in [-0.4, -0.2) is 20.4 Å². The average molecular weight is 403 g/mol. The van der Waals surface area contributed by atoms with Crippen LogP contribution in [0.1, 0.15) is 0 Å². The van der Waals surface area contributed by atoms with Crippen LogP contribution in [0.15, 0.2) is 54.0 Å². The van der Waals surface area contributed by atoms with Gasteiger partial charge in [-0.3, -0.25) is 4.79 Å². The van der Waals surface area contributed by atoms with E-state index >= 15 is 0 Å². The monoisotopic (exact) mass is 402 g/mol. The van der Waals surface area contributed by atoms with Gasteiger partial charge in [-0.05, 0) is 24.3 Å². The van der Waals surface area contributed by atoms with Crippen LogP contribution < -0.4 is 5.32 Å². The number of fused-ring (bicyclic) bond motifs is 1. The van der Waals surface area contributed by atoms with Crippen molar-refractivity contribution in [2.75, 3.05) is 5.32 Å². The summed E-state index contributed by atoms with van der Waals surface area (Å²) in [7, 11) is 0. The molecule has 0 aliphatic rings. The van der Waals surface area contributed by atoms with E-state index < -0.39 is 0 Å². The minimum atomic E-state index is -0.192. The van der Waals surface area contributed by atoms with Crippen molar-refractivity contribution in [1.82, 2.24) is 14.5 Å². The van der Waals surface area contributed by atoms with E-state index in [9.17, 15) is 4.79 Å². The van der Waals surface area contributed by atoms with Crippen LogP contribution in [0.5, 0.6) is 0 Å². The summed E-state index contributed by atoms with van der Waals surface area (Å²) in [6.07, 6.45) is 1.64. The van der Waals surface area contributed by atoms with Crippen molar-refractivity contribution in [3.63, 3.8) is 0 Å². The van der Waals surface area contributed by atoms with E-state index in [4.69, 9.17) is 23.2 Å². The molecule has 130 valence electrons. The van der Waals surface area contributed by atoms with Crippen molar-refractivity contribution in [2.24, 2.45) is 0 Å². The number of carbonyl (C=O) groups excluding carboxylic acids is 1. The lowest BCUT2D eigenvalue weighted by Crippen LogP contribution is -2.19. The van der Waals surface area contributed by atoms with Gasteiger partial charge in [-0.2, -0.15) is 0 Å². The molecule has 4 aromatic rings. The van der Waals surface area contributed by atoms with Crippen LogP contribution in [0, 0.1) is 0 Å². The van der Waals surface area contributed by atoms with E-state index in [1.165, 1.54) is 11.3 Å². The van der Waals surface area contributed by atoms with Gasteiger partial charge in [-0.25, -0.2) is 9.97 Å². The highest BCUT2D eigenvalue weighted by atomic mass is 35.5. The van der Waals surface area contributed by atoms with Gasteiger partial charge in [0.2, 0.25) is 5.91 Å². The lowest BCUT2D eigenvalue weighted by molar-refractivity contribution is -0.116. The molecule has 1 amide bonds. The molecule has 0 spiro atoms. The highest BCUT2D eigenvalue weighted by molar-refractivity contribution is 7.13. The number of hydrogen-bond donors (Lipinski definition) is 1. The molecule has 26 heavy (non-hydrogen) atoms. The van der Waals surface area contributed by atoms with Crippen LogP contribution in [0.3, 0.4) is 0 Å². The number of anilines is 1. The van der Waals surface area contributed by atoms with Gasteiger partial charge in [0.15, 0.2) is 5.13 Å². The summed E-state index contributed by atoms with van der Waals surface area (Å²) in [5.74, 6) is 0.399. The van der Waals surface area contributed by atoms with Gasteiger partial charge >= 0.3 is 0 Å². The van der Waals surface area contributed by atoms with Gasteiger partial charge in [0.05, 0.1) is 21.1 Å². The number of hydrogen-bond acceptors (Lipinski definition) is 4. The Morgan fingerprint density at radius 3 is 2.81 bits per heavy atom. The van der Waals surface area contributed by atoms with Crippen molar-refractivity contribution in [1.29, 1.82) is 0 Å². The molecule has 0 saturated heterocycles. The third-order valence-electron chi connectivity index (χ3n) is 3.83. The van der Waals surface area contributed by atoms with Crippen molar-refractivity contribution < 1.29 is 4.79 Å². The third-order valence-corrected chi connectivity index (χ3v) is 5.33. The summed E-state index contributed by atoms with van der Waals surface area (Å²) in [6, 6.07) is 13.0. The zero-order valence-corrected chi connectivity index (χ0v) is 15.6. The van der Waals surface area contributed by atoms with E-state index in [0.29, 0.717) is 26.6 Å². The Kier molecular flexibility index (Phi) is 4.63. The second-order valence-electron chi connectivity index (χ2n) is 5.50. The smallest absolute Gasteiger partial charge is 0.246 e. The third kappa shape index (κ3) is 3.19. The Hall–Kier alpha value is -2.41. The standard InChI is InChI=1S/C18H12Cl2N4OS/c19-12-5-3-4-11(16(12)20)17-22-13-6-1-2-7-14(13)24(17)10-15(25)23-18-21-8-9-26-18/h1-9H,10H2,(H,21,23,25). The normalized spacial score (nSPS) is 11.0. The van der Waals surface area contributed by atoms with Crippen LogP contribution >= 0.6 is 34.5 Å². The molecule has 1 N–H and O–H groups in total. The van der Waals surface area contributed by atoms with Gasteiger partial charge < -0.3 is 9.88 Å². The first-order valence-electron chi connectivity index (χ1n) is 7.72. The molecule has 2 aromatic carbocycles. The van der Waals surface area contributed by atoms with E-state index in [2.05, 4.69) is 15.3 Å². The number of para-hydroxylation sites is 2. The number of halogens is 2. The molecule has 0 radical (unpaired) electrons. The molecular weight excluding hydrogens is 391 g/mol. The van der Waals surface area contributed by atoms with Gasteiger partial charge in [0, 0.05) is 17.1 Å². The molecule has 0 atom stereocenters. The molecule has 2 aromatic heterocycles. The summed E-state index contributed by atoms with van der Waals surface area (Å²) >= 11 is 13.9. The Labute approximate surface area is 163 Å². The molecule has 0 aliphatic heterocycles. The first-order chi connectivity index (χ1) is 12.6. The first kappa shape index (κ1) is 17.0. The van der Waals surface area contributed by atoms with Crippen molar-refractivity contribution in [2.45, 2.75) is 6.54 Å². The number of aromatic nitrogens is 3. The van der Waals surface area contributed by atoms with E-state index in [1.807, 2.05) is 41.0 Å². The maximum atomic E-state index is 12.5. The second-order valence-corrected chi connectivity index (χ2v) is 7.18. The van der Waals surface area contributed by atoms with Gasteiger partial charge in [-0.1, -0.05) is 41.4 Å². The molecule has 0 saturated carbocycles. The molecular formula is C18H12Cl2N4OS. The predicted molar refractivity (Wildman–Crippen MR) is 106 cm³/mol. The Balaban J connectivity index is 1.79. The number of nitrogens with one attached hydrogen (secondary N) is 1. The topological polar surface area (TPSA) is 59.8 Å². The van der Waals surface area contributed by atoms with Crippen LogP contribution in [0.2, 0.25) is 10.0 Å². The number of carbonyl (C=O) groups is 1. The fraction of sp³-hybridized carbons (Fsp3) is 0.0556. The second kappa shape index (κ2) is 7.07. The largest absolute Gasteiger partial charge is 0.314 e. The van der Waals surface area contributed by atoms with Crippen molar-refractivity contribution in [3.05, 3.63) is 64.1 Å². The maximum Gasteiger partial charge on any atom is 0.246 e. The van der Waals surface area contributed by atoms with E-state index in [0.717, 1.165) is 11.0 Å². The quantitative estimate of drug-likeness (QED) is 0.516. The lowest BCUT2D eigenvalue weighted by atomic mass is 10.2. The number of nitrogens with zero attached hydrogens (tertiary/aromatic N) is 3. The fourth-order valence-electron chi connectivity index (χ4n) is 2.71. The average Bonchev–Trinajstić information content (AvgIpc) is 3.26. The highest BCUT2D eigenvalue weighted by Crippen LogP contribution is 2.34. The summed E-state index contributed by atoms with van der Waals surface area (Å²) in [5.41, 5.74) is 2.30. The van der Waals surface area contributed by atoms with Gasteiger partial charge in [0.1, 0.15) is 12.4 Å². The van der Waals surface area contributed by atoms with Crippen molar-refractivity contribution in [3.8, 4) is 11.4 Å². The molecule has 0 fully saturated rings. The zero-order valence-electron chi connectivity index (χ0n) is 13.3. The number of benzene rings is 2. The fourth-order valence-corrected chi connectivity index (χ4v) is 3.64. The van der Waals surface area contributed by atoms with Gasteiger partial charge in [0.25, 0.3) is 0 Å². The summed E-state index contributed by atoms with van der Waals surface area (Å²) < 4.78 is 1.83. The zero-order chi connectivity index (χ0) is 18.1. The minimum Gasteiger partial charge on any atom is -0.314 e. The number of thiazole rings is 1. The lowest BCUT2D eigenvalue weighted by Gasteiger charge is -2.10. The Morgan fingerprint density at radius 2 is 2.00 bits per heavy atom. The number of imidazole rings is 1. The molecule has 0 bridgehead atoms. The molecule has 0 unspecified atom stereocenters.